The van der Waals surface area contributed by atoms with E-state index in [-0.39, 0.29) is 84.5 Å². The van der Waals surface area contributed by atoms with Crippen LogP contribution in [0.25, 0.3) is 0 Å². The first-order valence-corrected chi connectivity index (χ1v) is 9.25. The SMILES string of the molecule is CC.CC.O=c1cccc2n1C(c1cc[c-]cc1)[C@@H](c1cc[c-]cc1)N2.[HH].[Y].[Y]. The normalized spacial score (nSPS) is 15.7. The summed E-state index contributed by atoms with van der Waals surface area (Å²) in [4.78, 5) is 12.4. The molecule has 2 heterocycles. The number of fused-ring (bicyclic) bond motifs is 1. The van der Waals surface area contributed by atoms with Crippen LogP contribution in [0.4, 0.5) is 5.82 Å². The van der Waals surface area contributed by atoms with E-state index in [2.05, 4.69) is 17.4 Å². The molecular weight excluding hydrogens is 498 g/mol. The predicted octanol–water partition coefficient (Wildman–Crippen LogP) is 5.50. The maximum absolute atomic E-state index is 12.4. The first kappa shape index (κ1) is 27.4. The molecule has 2 radical (unpaired) electrons. The maximum Gasteiger partial charge on any atom is 0.252 e. The van der Waals surface area contributed by atoms with Crippen molar-refractivity contribution in [1.82, 2.24) is 4.57 Å². The maximum atomic E-state index is 12.4. The Hall–Kier alpha value is -0.602. The minimum absolute atomic E-state index is 0. The Kier molecular flexibility index (Phi) is 14.1. The van der Waals surface area contributed by atoms with Gasteiger partial charge >= 0.3 is 0 Å². The Balaban J connectivity index is 0. The van der Waals surface area contributed by atoms with Crippen molar-refractivity contribution in [2.75, 3.05) is 5.32 Å². The quantitative estimate of drug-likeness (QED) is 0.448. The molecule has 1 aromatic heterocycles. The average molecular weight is 526 g/mol. The molecule has 0 spiro atoms. The topological polar surface area (TPSA) is 34.0 Å². The van der Waals surface area contributed by atoms with E-state index >= 15 is 0 Å². The zero-order chi connectivity index (χ0) is 18.9. The molecule has 0 fully saturated rings. The molecule has 3 nitrogen and oxygen atoms in total. The van der Waals surface area contributed by atoms with Gasteiger partial charge in [-0.2, -0.15) is 60.7 Å². The Bertz CT molecular complexity index is 858. The summed E-state index contributed by atoms with van der Waals surface area (Å²) in [5.74, 6) is 0.850. The van der Waals surface area contributed by atoms with E-state index in [0.717, 1.165) is 16.9 Å². The summed E-state index contributed by atoms with van der Waals surface area (Å²) in [6.45, 7) is 8.00. The number of aromatic nitrogens is 1. The fourth-order valence-corrected chi connectivity index (χ4v) is 3.10. The second-order valence-corrected chi connectivity index (χ2v) is 5.35. The molecule has 3 aromatic rings. The standard InChI is InChI=1S/C19H14N2O.2C2H6.2Y.H2/c22-17-13-7-12-16-20-18(14-8-3-1-4-9-14)19(21(16)17)15-10-5-2-6-11-15;2*1-2;;;/h3-13,18-20H;2*1-2H3;;;1H/q-2;;;;;/t18-,19?;;;;;/m1...../s1. The van der Waals surface area contributed by atoms with Crippen molar-refractivity contribution in [2.45, 2.75) is 39.8 Å². The Morgan fingerprint density at radius 1 is 0.821 bits per heavy atom. The van der Waals surface area contributed by atoms with E-state index in [9.17, 15) is 4.79 Å². The summed E-state index contributed by atoms with van der Waals surface area (Å²) in [6, 6.07) is 27.1. The molecule has 4 rings (SSSR count). The van der Waals surface area contributed by atoms with Gasteiger partial charge in [0.25, 0.3) is 5.56 Å². The first-order valence-electron chi connectivity index (χ1n) is 9.25. The molecule has 0 bridgehead atoms. The van der Waals surface area contributed by atoms with Gasteiger partial charge < -0.3 is 5.32 Å². The van der Waals surface area contributed by atoms with Gasteiger partial charge in [0.15, 0.2) is 0 Å². The summed E-state index contributed by atoms with van der Waals surface area (Å²) >= 11 is 0. The van der Waals surface area contributed by atoms with Gasteiger partial charge in [0.2, 0.25) is 0 Å². The molecule has 2 aromatic carbocycles. The number of anilines is 1. The van der Waals surface area contributed by atoms with Gasteiger partial charge in [-0.25, -0.2) is 0 Å². The largest absolute Gasteiger partial charge is 0.364 e. The van der Waals surface area contributed by atoms with E-state index < -0.39 is 0 Å². The third-order valence-electron chi connectivity index (χ3n) is 4.08. The summed E-state index contributed by atoms with van der Waals surface area (Å²) < 4.78 is 1.83. The number of hydrogen-bond donors (Lipinski definition) is 1. The van der Waals surface area contributed by atoms with E-state index in [1.54, 1.807) is 12.1 Å². The average Bonchev–Trinajstić information content (AvgIpc) is 3.13. The molecule has 0 saturated heterocycles. The number of nitrogens with one attached hydrogen (secondary N) is 1. The Labute approximate surface area is 220 Å². The van der Waals surface area contributed by atoms with Gasteiger partial charge in [0, 0.05) is 72.9 Å². The van der Waals surface area contributed by atoms with Crippen LogP contribution in [-0.2, 0) is 65.4 Å². The fraction of sp³-hybridized carbons (Fsp3) is 0.261. The van der Waals surface area contributed by atoms with Crippen molar-refractivity contribution in [2.24, 2.45) is 0 Å². The van der Waals surface area contributed by atoms with Crippen LogP contribution in [0.3, 0.4) is 0 Å². The van der Waals surface area contributed by atoms with Crippen LogP contribution in [0.1, 0.15) is 52.3 Å². The van der Waals surface area contributed by atoms with Crippen molar-refractivity contribution < 1.29 is 66.8 Å². The fourth-order valence-electron chi connectivity index (χ4n) is 3.10. The number of nitrogens with zero attached hydrogens (tertiary/aromatic N) is 1. The van der Waals surface area contributed by atoms with Crippen LogP contribution in [0.15, 0.2) is 71.5 Å². The van der Waals surface area contributed by atoms with Crippen molar-refractivity contribution in [1.29, 1.82) is 0 Å². The minimum atomic E-state index is -0.0688. The second kappa shape index (κ2) is 14.4. The second-order valence-electron chi connectivity index (χ2n) is 5.35. The zero-order valence-corrected chi connectivity index (χ0v) is 22.7. The molecule has 0 amide bonds. The Morgan fingerprint density at radius 2 is 1.32 bits per heavy atom. The third-order valence-corrected chi connectivity index (χ3v) is 4.08. The van der Waals surface area contributed by atoms with Gasteiger partial charge in [-0.1, -0.05) is 33.8 Å². The number of rotatable bonds is 2. The molecule has 0 aliphatic carbocycles. The number of benzene rings is 2. The minimum Gasteiger partial charge on any atom is -0.364 e. The van der Waals surface area contributed by atoms with E-state index in [1.807, 2.05) is 86.9 Å². The smallest absolute Gasteiger partial charge is 0.252 e. The molecule has 5 heteroatoms. The zero-order valence-electron chi connectivity index (χ0n) is 17.0. The molecule has 2 atom stereocenters. The van der Waals surface area contributed by atoms with Gasteiger partial charge in [-0.15, -0.1) is 11.1 Å². The molecular formula is C23H28N2OY2-2. The van der Waals surface area contributed by atoms with E-state index in [4.69, 9.17) is 0 Å². The molecule has 144 valence electrons. The van der Waals surface area contributed by atoms with Crippen LogP contribution in [-0.4, -0.2) is 4.57 Å². The van der Waals surface area contributed by atoms with Crippen LogP contribution >= 0.6 is 0 Å². The van der Waals surface area contributed by atoms with Gasteiger partial charge in [0.05, 0.1) is 12.1 Å². The van der Waals surface area contributed by atoms with E-state index in [0.29, 0.717) is 0 Å². The van der Waals surface area contributed by atoms with Crippen LogP contribution < -0.4 is 10.9 Å². The van der Waals surface area contributed by atoms with Gasteiger partial charge in [-0.05, 0) is 6.07 Å². The third kappa shape index (κ3) is 6.20. The van der Waals surface area contributed by atoms with Crippen LogP contribution in [0, 0.1) is 12.1 Å². The van der Waals surface area contributed by atoms with Crippen molar-refractivity contribution in [3.8, 4) is 0 Å². The monoisotopic (exact) mass is 526 g/mol. The van der Waals surface area contributed by atoms with Crippen molar-refractivity contribution in [3.63, 3.8) is 0 Å². The molecule has 28 heavy (non-hydrogen) atoms. The summed E-state index contributed by atoms with van der Waals surface area (Å²) in [7, 11) is 0. The summed E-state index contributed by atoms with van der Waals surface area (Å²) in [6.07, 6.45) is 0. The van der Waals surface area contributed by atoms with Crippen LogP contribution in [0.5, 0.6) is 0 Å². The molecule has 1 N–H and O–H groups in total. The van der Waals surface area contributed by atoms with Crippen molar-refractivity contribution >= 4 is 5.82 Å². The van der Waals surface area contributed by atoms with Gasteiger partial charge in [-0.3, -0.25) is 9.36 Å². The molecule has 1 aliphatic rings. The summed E-state index contributed by atoms with van der Waals surface area (Å²) in [5, 5.41) is 3.48. The van der Waals surface area contributed by atoms with E-state index in [1.165, 1.54) is 0 Å². The molecule has 0 saturated carbocycles. The molecule has 1 unspecified atom stereocenters. The van der Waals surface area contributed by atoms with Crippen molar-refractivity contribution in [3.05, 3.63) is 100 Å². The first-order chi connectivity index (χ1) is 12.8. The van der Waals surface area contributed by atoms with Crippen LogP contribution in [0.2, 0.25) is 0 Å². The van der Waals surface area contributed by atoms with Gasteiger partial charge in [0.1, 0.15) is 5.82 Å². The molecule has 1 aliphatic heterocycles. The Morgan fingerprint density at radius 3 is 1.86 bits per heavy atom. The predicted molar refractivity (Wildman–Crippen MR) is 111 cm³/mol. The summed E-state index contributed by atoms with van der Waals surface area (Å²) in [5.41, 5.74) is 2.24. The number of pyridine rings is 1. The number of hydrogen-bond acceptors (Lipinski definition) is 2.